The van der Waals surface area contributed by atoms with Gasteiger partial charge in [0.15, 0.2) is 0 Å². The van der Waals surface area contributed by atoms with E-state index in [-0.39, 0.29) is 52.8 Å². The maximum atomic E-state index is 10.1. The number of carbonyl (C=O) groups is 1. The molecule has 1 nitrogen and oxygen atoms in total. The Balaban J connectivity index is -0.00000128. The van der Waals surface area contributed by atoms with Gasteiger partial charge in [-0.3, -0.25) is 0 Å². The van der Waals surface area contributed by atoms with Crippen molar-refractivity contribution in [1.29, 1.82) is 0 Å². The molecule has 0 aliphatic heterocycles. The summed E-state index contributed by atoms with van der Waals surface area (Å²) in [6, 6.07) is 0. The molecule has 0 aliphatic rings. The normalized spacial score (nSPS) is 10.1. The van der Waals surface area contributed by atoms with E-state index in [2.05, 4.69) is 6.92 Å². The van der Waals surface area contributed by atoms with Crippen LogP contribution in [0.2, 0.25) is 0 Å². The SMILES string of the molecule is CCCCCCCCCCCCCCCC=O.[H-].[K+]. The second-order valence-corrected chi connectivity index (χ2v) is 5.20. The Hall–Kier alpha value is 1.31. The van der Waals surface area contributed by atoms with Crippen LogP contribution in [0.1, 0.15) is 98.2 Å². The number of unbranched alkanes of at least 4 members (excludes halogenated alkanes) is 13. The average molecular weight is 281 g/mol. The van der Waals surface area contributed by atoms with Gasteiger partial charge in [-0.05, 0) is 6.42 Å². The van der Waals surface area contributed by atoms with Crippen molar-refractivity contribution in [2.75, 3.05) is 0 Å². The van der Waals surface area contributed by atoms with Crippen molar-refractivity contribution in [3.63, 3.8) is 0 Å². The van der Waals surface area contributed by atoms with Gasteiger partial charge in [0.05, 0.1) is 0 Å². The van der Waals surface area contributed by atoms with Gasteiger partial charge in [-0.15, -0.1) is 0 Å². The first-order valence-electron chi connectivity index (χ1n) is 7.85. The quantitative estimate of drug-likeness (QED) is 0.272. The summed E-state index contributed by atoms with van der Waals surface area (Å²) in [5.74, 6) is 0. The van der Waals surface area contributed by atoms with E-state index >= 15 is 0 Å². The molecule has 0 aromatic rings. The summed E-state index contributed by atoms with van der Waals surface area (Å²) >= 11 is 0. The van der Waals surface area contributed by atoms with Gasteiger partial charge in [-0.1, -0.05) is 84.0 Å². The van der Waals surface area contributed by atoms with E-state index in [1.165, 1.54) is 77.0 Å². The number of hydrogen-bond acceptors (Lipinski definition) is 1. The fourth-order valence-corrected chi connectivity index (χ4v) is 2.25. The molecule has 0 amide bonds. The van der Waals surface area contributed by atoms with Crippen LogP contribution in [0.25, 0.3) is 0 Å². The fourth-order valence-electron chi connectivity index (χ4n) is 2.25. The van der Waals surface area contributed by atoms with Crippen LogP contribution in [0.15, 0.2) is 0 Å². The van der Waals surface area contributed by atoms with E-state index in [9.17, 15) is 4.79 Å². The standard InChI is InChI=1S/C16H32O.K.H/c1-2-3-4-5-6-7-8-9-10-11-12-13-14-15-16-17;;/h16H,2-15H2,1H3;;/q;+1;-1. The molecule has 0 fully saturated rings. The Bertz CT molecular complexity index is 154. The first kappa shape index (κ1) is 21.6. The molecular weight excluding hydrogens is 247 g/mol. The molecular formula is C16H33KO. The molecule has 0 radical (unpaired) electrons. The second-order valence-electron chi connectivity index (χ2n) is 5.20. The van der Waals surface area contributed by atoms with Crippen LogP contribution < -0.4 is 51.4 Å². The van der Waals surface area contributed by atoms with Gasteiger partial charge in [-0.25, -0.2) is 0 Å². The van der Waals surface area contributed by atoms with Gasteiger partial charge in [0, 0.05) is 6.42 Å². The Kier molecular flexibility index (Phi) is 24.7. The third-order valence-corrected chi connectivity index (χ3v) is 3.43. The maximum absolute atomic E-state index is 10.1. The Labute approximate surface area is 159 Å². The number of aldehydes is 1. The van der Waals surface area contributed by atoms with Crippen molar-refractivity contribution < 1.29 is 57.6 Å². The topological polar surface area (TPSA) is 17.1 Å². The number of rotatable bonds is 14. The Morgan fingerprint density at radius 3 is 1.33 bits per heavy atom. The van der Waals surface area contributed by atoms with E-state index in [4.69, 9.17) is 0 Å². The Morgan fingerprint density at radius 2 is 1.00 bits per heavy atom. The third-order valence-electron chi connectivity index (χ3n) is 3.43. The molecule has 0 aromatic heterocycles. The van der Waals surface area contributed by atoms with Gasteiger partial charge >= 0.3 is 51.4 Å². The number of hydrogen-bond donors (Lipinski definition) is 0. The first-order valence-corrected chi connectivity index (χ1v) is 7.85. The van der Waals surface area contributed by atoms with E-state index in [1.54, 1.807) is 0 Å². The monoisotopic (exact) mass is 280 g/mol. The zero-order chi connectivity index (χ0) is 12.6. The van der Waals surface area contributed by atoms with E-state index in [0.29, 0.717) is 0 Å². The van der Waals surface area contributed by atoms with Crippen molar-refractivity contribution >= 4 is 6.29 Å². The van der Waals surface area contributed by atoms with Gasteiger partial charge in [0.1, 0.15) is 6.29 Å². The van der Waals surface area contributed by atoms with Gasteiger partial charge in [-0.2, -0.15) is 0 Å². The van der Waals surface area contributed by atoms with Crippen molar-refractivity contribution in [2.45, 2.75) is 96.8 Å². The second kappa shape index (κ2) is 20.6. The van der Waals surface area contributed by atoms with Crippen molar-refractivity contribution in [3.05, 3.63) is 0 Å². The number of carbonyl (C=O) groups excluding carboxylic acids is 1. The zero-order valence-electron chi connectivity index (χ0n) is 13.9. The van der Waals surface area contributed by atoms with Crippen LogP contribution >= 0.6 is 0 Å². The predicted molar refractivity (Wildman–Crippen MR) is 77.5 cm³/mol. The molecule has 0 heterocycles. The zero-order valence-corrected chi connectivity index (χ0v) is 16.0. The minimum atomic E-state index is 0. The smallest absolute Gasteiger partial charge is 1.00 e. The summed E-state index contributed by atoms with van der Waals surface area (Å²) in [4.78, 5) is 10.1. The Morgan fingerprint density at radius 1 is 0.667 bits per heavy atom. The predicted octanol–water partition coefficient (Wildman–Crippen LogP) is 2.78. The van der Waals surface area contributed by atoms with Gasteiger partial charge in [0.2, 0.25) is 0 Å². The van der Waals surface area contributed by atoms with Crippen LogP contribution in [0, 0.1) is 0 Å². The molecule has 18 heavy (non-hydrogen) atoms. The molecule has 104 valence electrons. The van der Waals surface area contributed by atoms with Gasteiger partial charge < -0.3 is 6.22 Å². The van der Waals surface area contributed by atoms with Crippen molar-refractivity contribution in [1.82, 2.24) is 0 Å². The van der Waals surface area contributed by atoms with E-state index in [1.807, 2.05) is 0 Å². The van der Waals surface area contributed by atoms with Crippen LogP contribution in [0.3, 0.4) is 0 Å². The molecule has 0 aliphatic carbocycles. The van der Waals surface area contributed by atoms with E-state index < -0.39 is 0 Å². The van der Waals surface area contributed by atoms with Gasteiger partial charge in [0.25, 0.3) is 0 Å². The molecule has 0 atom stereocenters. The molecule has 0 saturated heterocycles. The largest absolute Gasteiger partial charge is 1.00 e. The maximum Gasteiger partial charge on any atom is 1.00 e. The van der Waals surface area contributed by atoms with Crippen molar-refractivity contribution in [2.24, 2.45) is 0 Å². The molecule has 0 rings (SSSR count). The summed E-state index contributed by atoms with van der Waals surface area (Å²) in [6.07, 6.45) is 19.6. The molecule has 0 N–H and O–H groups in total. The molecule has 2 heteroatoms. The fraction of sp³-hybridized carbons (Fsp3) is 0.938. The minimum Gasteiger partial charge on any atom is -1.00 e. The average Bonchev–Trinajstić information content (AvgIpc) is 2.35. The molecule has 0 aromatic carbocycles. The summed E-state index contributed by atoms with van der Waals surface area (Å²) in [5, 5.41) is 0. The summed E-state index contributed by atoms with van der Waals surface area (Å²) in [7, 11) is 0. The molecule has 0 unspecified atom stereocenters. The van der Waals surface area contributed by atoms with Crippen LogP contribution in [-0.2, 0) is 4.79 Å². The molecule has 0 saturated carbocycles. The third kappa shape index (κ3) is 19.6. The summed E-state index contributed by atoms with van der Waals surface area (Å²) < 4.78 is 0. The van der Waals surface area contributed by atoms with Crippen LogP contribution in [0.5, 0.6) is 0 Å². The summed E-state index contributed by atoms with van der Waals surface area (Å²) in [5.41, 5.74) is 0. The summed E-state index contributed by atoms with van der Waals surface area (Å²) in [6.45, 7) is 2.27. The molecule has 0 spiro atoms. The van der Waals surface area contributed by atoms with E-state index in [0.717, 1.165) is 19.1 Å². The molecule has 0 bridgehead atoms. The van der Waals surface area contributed by atoms with Crippen LogP contribution in [0.4, 0.5) is 0 Å². The van der Waals surface area contributed by atoms with Crippen LogP contribution in [-0.4, -0.2) is 6.29 Å². The minimum absolute atomic E-state index is 0. The van der Waals surface area contributed by atoms with Crippen molar-refractivity contribution in [3.8, 4) is 0 Å². The first-order chi connectivity index (χ1) is 8.41.